The van der Waals surface area contributed by atoms with Gasteiger partial charge in [-0.15, -0.1) is 11.3 Å². The normalized spacial score (nSPS) is 10.5. The van der Waals surface area contributed by atoms with Crippen LogP contribution in [0.1, 0.15) is 10.4 Å². The summed E-state index contributed by atoms with van der Waals surface area (Å²) >= 11 is 5.16. The van der Waals surface area contributed by atoms with Gasteiger partial charge in [-0.3, -0.25) is 0 Å². The summed E-state index contributed by atoms with van der Waals surface area (Å²) in [6, 6.07) is 8.32. The summed E-state index contributed by atoms with van der Waals surface area (Å²) in [4.78, 5) is 5.70. The van der Waals surface area contributed by atoms with Crippen LogP contribution in [0.5, 0.6) is 0 Å². The number of halogens is 1. The first kappa shape index (κ1) is 9.87. The fourth-order valence-corrected chi connectivity index (χ4v) is 2.74. The van der Waals surface area contributed by atoms with Crippen LogP contribution in [-0.2, 0) is 0 Å². The highest BCUT2D eigenvalue weighted by Crippen LogP contribution is 2.31. The molecule has 0 saturated carbocycles. The molecular weight excluding hydrogens is 258 g/mol. The van der Waals surface area contributed by atoms with E-state index in [1.807, 2.05) is 12.1 Å². The molecule has 0 N–H and O–H groups in total. The first-order valence-electron chi connectivity index (χ1n) is 4.37. The molecular formula is C11H10BrNS. The van der Waals surface area contributed by atoms with Crippen molar-refractivity contribution in [2.75, 3.05) is 0 Å². The van der Waals surface area contributed by atoms with Gasteiger partial charge in [-0.2, -0.15) is 0 Å². The lowest BCUT2D eigenvalue weighted by molar-refractivity contribution is 1.31. The fraction of sp³-hybridized carbons (Fsp3) is 0.182. The van der Waals surface area contributed by atoms with Crippen LogP contribution in [-0.4, -0.2) is 4.98 Å². The summed E-state index contributed by atoms with van der Waals surface area (Å²) in [5.41, 5.74) is 2.50. The van der Waals surface area contributed by atoms with Crippen LogP contribution in [0.3, 0.4) is 0 Å². The number of hydrogen-bond donors (Lipinski definition) is 0. The van der Waals surface area contributed by atoms with Crippen LogP contribution in [0, 0.1) is 13.8 Å². The molecule has 2 rings (SSSR count). The first-order chi connectivity index (χ1) is 6.68. The third-order valence-corrected chi connectivity index (χ3v) is 4.15. The van der Waals surface area contributed by atoms with E-state index in [2.05, 4.69) is 46.9 Å². The maximum atomic E-state index is 4.48. The van der Waals surface area contributed by atoms with Crippen molar-refractivity contribution in [2.24, 2.45) is 0 Å². The molecule has 0 bridgehead atoms. The lowest BCUT2D eigenvalue weighted by Crippen LogP contribution is -1.80. The van der Waals surface area contributed by atoms with Crippen LogP contribution in [0.2, 0.25) is 0 Å². The fourth-order valence-electron chi connectivity index (χ4n) is 1.31. The van der Waals surface area contributed by atoms with Crippen molar-refractivity contribution in [3.63, 3.8) is 0 Å². The zero-order valence-corrected chi connectivity index (χ0v) is 10.4. The molecule has 72 valence electrons. The van der Waals surface area contributed by atoms with Crippen LogP contribution in [0.25, 0.3) is 10.6 Å². The third kappa shape index (κ3) is 1.74. The Hall–Kier alpha value is -0.670. The van der Waals surface area contributed by atoms with Crippen LogP contribution in [0.15, 0.2) is 28.9 Å². The van der Waals surface area contributed by atoms with Gasteiger partial charge in [0.25, 0.3) is 0 Å². The molecule has 3 heteroatoms. The van der Waals surface area contributed by atoms with Gasteiger partial charge < -0.3 is 0 Å². The standard InChI is InChI=1S/C11H10BrNS/c1-7-5-3-4-6-9(7)11-13-10(12)8(2)14-11/h3-6H,1-2H3. The summed E-state index contributed by atoms with van der Waals surface area (Å²) in [7, 11) is 0. The number of thiazole rings is 1. The Balaban J connectivity index is 2.55. The lowest BCUT2D eigenvalue weighted by Gasteiger charge is -1.99. The zero-order valence-electron chi connectivity index (χ0n) is 8.04. The molecule has 0 radical (unpaired) electrons. The van der Waals surface area contributed by atoms with Crippen LogP contribution in [0.4, 0.5) is 0 Å². The van der Waals surface area contributed by atoms with E-state index in [4.69, 9.17) is 0 Å². The molecule has 0 fully saturated rings. The second-order valence-electron chi connectivity index (χ2n) is 3.18. The van der Waals surface area contributed by atoms with Gasteiger partial charge in [0.2, 0.25) is 0 Å². The molecule has 0 aliphatic heterocycles. The second-order valence-corrected chi connectivity index (χ2v) is 5.14. The molecule has 0 amide bonds. The van der Waals surface area contributed by atoms with Crippen molar-refractivity contribution in [1.29, 1.82) is 0 Å². The van der Waals surface area contributed by atoms with Crippen molar-refractivity contribution in [3.8, 4) is 10.6 Å². The smallest absolute Gasteiger partial charge is 0.125 e. The third-order valence-electron chi connectivity index (χ3n) is 2.12. The Kier molecular flexibility index (Phi) is 2.70. The number of benzene rings is 1. The molecule has 14 heavy (non-hydrogen) atoms. The van der Waals surface area contributed by atoms with Crippen LogP contribution < -0.4 is 0 Å². The number of rotatable bonds is 1. The van der Waals surface area contributed by atoms with Gasteiger partial charge in [0.1, 0.15) is 9.61 Å². The molecule has 2 aromatic rings. The van der Waals surface area contributed by atoms with E-state index in [9.17, 15) is 0 Å². The summed E-state index contributed by atoms with van der Waals surface area (Å²) in [5.74, 6) is 0. The summed E-state index contributed by atoms with van der Waals surface area (Å²) < 4.78 is 0.959. The average molecular weight is 268 g/mol. The topological polar surface area (TPSA) is 12.9 Å². The number of hydrogen-bond acceptors (Lipinski definition) is 2. The Morgan fingerprint density at radius 1 is 1.21 bits per heavy atom. The van der Waals surface area contributed by atoms with Crippen molar-refractivity contribution in [3.05, 3.63) is 39.3 Å². The van der Waals surface area contributed by atoms with Crippen molar-refractivity contribution < 1.29 is 0 Å². The minimum Gasteiger partial charge on any atom is -0.229 e. The molecule has 1 aromatic heterocycles. The molecule has 0 spiro atoms. The minimum atomic E-state index is 0.959. The second kappa shape index (κ2) is 3.83. The maximum absolute atomic E-state index is 4.48. The van der Waals surface area contributed by atoms with E-state index >= 15 is 0 Å². The maximum Gasteiger partial charge on any atom is 0.125 e. The number of aryl methyl sites for hydroxylation is 2. The SMILES string of the molecule is Cc1ccccc1-c1nc(Br)c(C)s1. The predicted molar refractivity (Wildman–Crippen MR) is 64.7 cm³/mol. The molecule has 1 aromatic carbocycles. The van der Waals surface area contributed by atoms with E-state index in [0.717, 1.165) is 9.61 Å². The quantitative estimate of drug-likeness (QED) is 0.755. The Bertz CT molecular complexity index is 443. The Morgan fingerprint density at radius 3 is 2.50 bits per heavy atom. The van der Waals surface area contributed by atoms with Gasteiger partial charge in [-0.1, -0.05) is 24.3 Å². The molecule has 0 unspecified atom stereocenters. The van der Waals surface area contributed by atoms with Crippen molar-refractivity contribution in [2.45, 2.75) is 13.8 Å². The van der Waals surface area contributed by atoms with Gasteiger partial charge in [0.05, 0.1) is 0 Å². The summed E-state index contributed by atoms with van der Waals surface area (Å²) in [6.45, 7) is 4.18. The van der Waals surface area contributed by atoms with Gasteiger partial charge >= 0.3 is 0 Å². The summed E-state index contributed by atoms with van der Waals surface area (Å²) in [6.07, 6.45) is 0. The van der Waals surface area contributed by atoms with E-state index in [1.54, 1.807) is 11.3 Å². The van der Waals surface area contributed by atoms with Crippen LogP contribution >= 0.6 is 27.3 Å². The summed E-state index contributed by atoms with van der Waals surface area (Å²) in [5, 5.41) is 1.09. The Labute approximate surface area is 95.9 Å². The number of aromatic nitrogens is 1. The van der Waals surface area contributed by atoms with Gasteiger partial charge in [0.15, 0.2) is 0 Å². The predicted octanol–water partition coefficient (Wildman–Crippen LogP) is 4.19. The first-order valence-corrected chi connectivity index (χ1v) is 5.98. The Morgan fingerprint density at radius 2 is 1.93 bits per heavy atom. The molecule has 1 nitrogen and oxygen atoms in total. The molecule has 0 aliphatic rings. The highest BCUT2D eigenvalue weighted by molar-refractivity contribution is 9.10. The highest BCUT2D eigenvalue weighted by atomic mass is 79.9. The largest absolute Gasteiger partial charge is 0.229 e. The van der Waals surface area contributed by atoms with E-state index in [1.165, 1.54) is 16.0 Å². The zero-order chi connectivity index (χ0) is 10.1. The lowest BCUT2D eigenvalue weighted by atomic mass is 10.1. The molecule has 0 saturated heterocycles. The van der Waals surface area contributed by atoms with E-state index in [0.29, 0.717) is 0 Å². The van der Waals surface area contributed by atoms with Gasteiger partial charge in [-0.25, -0.2) is 4.98 Å². The molecule has 1 heterocycles. The van der Waals surface area contributed by atoms with E-state index < -0.39 is 0 Å². The van der Waals surface area contributed by atoms with Gasteiger partial charge in [-0.05, 0) is 35.3 Å². The van der Waals surface area contributed by atoms with Crippen molar-refractivity contribution in [1.82, 2.24) is 4.98 Å². The van der Waals surface area contributed by atoms with Gasteiger partial charge in [0, 0.05) is 10.4 Å². The average Bonchev–Trinajstić information content (AvgIpc) is 2.48. The van der Waals surface area contributed by atoms with E-state index in [-0.39, 0.29) is 0 Å². The molecule has 0 aliphatic carbocycles. The monoisotopic (exact) mass is 267 g/mol. The molecule has 0 atom stereocenters. The highest BCUT2D eigenvalue weighted by Gasteiger charge is 2.08. The minimum absolute atomic E-state index is 0.959. The van der Waals surface area contributed by atoms with Crippen molar-refractivity contribution >= 4 is 27.3 Å². The number of nitrogens with zero attached hydrogens (tertiary/aromatic N) is 1.